The number of anilines is 12. The maximum absolute atomic E-state index is 5.02. The second-order valence-electron chi connectivity index (χ2n) is 10.7. The van der Waals surface area contributed by atoms with Gasteiger partial charge in [-0.3, -0.25) is 0 Å². The molecule has 10 nitrogen and oxygen atoms in total. The molecule has 3 aliphatic rings. The van der Waals surface area contributed by atoms with Gasteiger partial charge in [0.05, 0.1) is 28.4 Å². The summed E-state index contributed by atoms with van der Waals surface area (Å²) in [6, 6.07) is 33.1. The Kier molecular flexibility index (Phi) is 5.09. The molecule has 2 aromatic carbocycles. The van der Waals surface area contributed by atoms with Crippen LogP contribution in [0.25, 0.3) is 0 Å². The molecule has 0 unspecified atom stereocenters. The highest BCUT2D eigenvalue weighted by Gasteiger charge is 2.43. The Bertz CT molecular complexity index is 1790. The molecule has 0 spiro atoms. The van der Waals surface area contributed by atoms with E-state index in [0.717, 1.165) is 57.1 Å². The van der Waals surface area contributed by atoms with Gasteiger partial charge in [-0.2, -0.15) is 0 Å². The summed E-state index contributed by atoms with van der Waals surface area (Å²) in [7, 11) is 4.13. The van der Waals surface area contributed by atoms with Gasteiger partial charge in [-0.25, -0.2) is 40.0 Å². The van der Waals surface area contributed by atoms with Crippen LogP contribution in [0.4, 0.5) is 68.8 Å². The van der Waals surface area contributed by atoms with Crippen molar-refractivity contribution in [3.8, 4) is 0 Å². The van der Waals surface area contributed by atoms with Crippen molar-refractivity contribution in [2.24, 2.45) is 0 Å². The van der Waals surface area contributed by atoms with Crippen molar-refractivity contribution in [1.29, 1.82) is 0 Å². The highest BCUT2D eigenvalue weighted by Crippen LogP contribution is 2.57. The third-order valence-corrected chi connectivity index (χ3v) is 8.37. The van der Waals surface area contributed by atoms with Crippen molar-refractivity contribution in [2.45, 2.75) is 0 Å². The minimum absolute atomic E-state index is 0.712. The summed E-state index contributed by atoms with van der Waals surface area (Å²) in [6.07, 6.45) is 7.27. The average molecular weight is 575 g/mol. The quantitative estimate of drug-likeness (QED) is 0.207. The Balaban J connectivity index is 1.32. The molecule has 0 saturated carbocycles. The van der Waals surface area contributed by atoms with Gasteiger partial charge in [0.15, 0.2) is 23.3 Å². The number of aromatic nitrogens is 4. The first-order valence-corrected chi connectivity index (χ1v) is 14.4. The van der Waals surface area contributed by atoms with E-state index in [0.29, 0.717) is 11.6 Å². The fraction of sp³-hybridized carbons (Fsp3) is 0.0588. The number of fused-ring (bicyclic) bond motifs is 6. The van der Waals surface area contributed by atoms with Crippen molar-refractivity contribution >= 4 is 68.8 Å². The molecule has 44 heavy (non-hydrogen) atoms. The minimum atomic E-state index is 0.712. The van der Waals surface area contributed by atoms with Gasteiger partial charge in [0, 0.05) is 38.9 Å². The zero-order chi connectivity index (χ0) is 29.4. The van der Waals surface area contributed by atoms with Crippen LogP contribution in [0.2, 0.25) is 0 Å². The van der Waals surface area contributed by atoms with E-state index in [1.807, 2.05) is 56.1 Å². The number of hydrazine groups is 2. The molecule has 0 amide bonds. The molecule has 0 fully saturated rings. The summed E-state index contributed by atoms with van der Waals surface area (Å²) < 4.78 is 0. The summed E-state index contributed by atoms with van der Waals surface area (Å²) in [5.41, 5.74) is 7.88. The third kappa shape index (κ3) is 3.24. The van der Waals surface area contributed by atoms with E-state index < -0.39 is 0 Å². The van der Waals surface area contributed by atoms with Crippen LogP contribution in [0.1, 0.15) is 0 Å². The molecular formula is C34H26N10. The minimum Gasteiger partial charge on any atom is -0.341 e. The number of nitrogens with zero attached hydrogens (tertiary/aromatic N) is 10. The van der Waals surface area contributed by atoms with E-state index in [4.69, 9.17) is 19.9 Å². The molecule has 0 saturated heterocycles. The summed E-state index contributed by atoms with van der Waals surface area (Å²) >= 11 is 0. The van der Waals surface area contributed by atoms with Crippen LogP contribution in [-0.2, 0) is 0 Å². The largest absolute Gasteiger partial charge is 0.341 e. The topological polar surface area (TPSA) is 71.0 Å². The van der Waals surface area contributed by atoms with E-state index in [9.17, 15) is 0 Å². The molecule has 0 bridgehead atoms. The predicted molar refractivity (Wildman–Crippen MR) is 175 cm³/mol. The van der Waals surface area contributed by atoms with Crippen LogP contribution >= 0.6 is 0 Å². The summed E-state index contributed by atoms with van der Waals surface area (Å²) in [5, 5.41) is 8.65. The van der Waals surface area contributed by atoms with Crippen LogP contribution in [0.3, 0.4) is 0 Å². The van der Waals surface area contributed by atoms with Crippen LogP contribution in [0.5, 0.6) is 0 Å². The Hall–Kier alpha value is -6.16. The lowest BCUT2D eigenvalue weighted by Gasteiger charge is -2.50. The van der Waals surface area contributed by atoms with Crippen molar-refractivity contribution in [3.63, 3.8) is 0 Å². The zero-order valence-electron chi connectivity index (χ0n) is 24.0. The van der Waals surface area contributed by atoms with Crippen molar-refractivity contribution < 1.29 is 0 Å². The van der Waals surface area contributed by atoms with Gasteiger partial charge < -0.3 is 9.80 Å². The standard InChI is InChI=1S/C34H26N10/c1-39-23-11-3-5-13-25(23)41(26-14-6-4-12-24(26)39)42-29-17-9-21-37-33(29)44(34-30(42)18-10-22-38-34)43-28-16-8-19-35-31(28)40(2)27-15-7-20-36-32(27)43/h3-22H,1-2H3. The highest BCUT2D eigenvalue weighted by molar-refractivity contribution is 6.03. The lowest BCUT2D eigenvalue weighted by molar-refractivity contribution is 0.851. The van der Waals surface area contributed by atoms with Crippen LogP contribution in [0, 0.1) is 0 Å². The van der Waals surface area contributed by atoms with Gasteiger partial charge >= 0.3 is 0 Å². The first-order chi connectivity index (χ1) is 21.7. The van der Waals surface area contributed by atoms with Gasteiger partial charge in [0.25, 0.3) is 0 Å². The van der Waals surface area contributed by atoms with E-state index in [-0.39, 0.29) is 0 Å². The molecule has 10 heteroatoms. The summed E-state index contributed by atoms with van der Waals surface area (Å²) in [6.45, 7) is 0. The van der Waals surface area contributed by atoms with Gasteiger partial charge in [-0.1, -0.05) is 24.3 Å². The zero-order valence-corrected chi connectivity index (χ0v) is 24.0. The molecule has 0 radical (unpaired) electrons. The van der Waals surface area contributed by atoms with Crippen molar-refractivity contribution in [1.82, 2.24) is 19.9 Å². The molecule has 9 rings (SSSR count). The second-order valence-corrected chi connectivity index (χ2v) is 10.7. The molecule has 4 aromatic heterocycles. The number of pyridine rings is 4. The summed E-state index contributed by atoms with van der Waals surface area (Å²) in [4.78, 5) is 24.0. The molecule has 0 atom stereocenters. The second kappa shape index (κ2) is 9.17. The number of hydrogen-bond acceptors (Lipinski definition) is 10. The Labute approximate surface area is 254 Å². The van der Waals surface area contributed by atoms with Crippen molar-refractivity contribution in [2.75, 3.05) is 43.9 Å². The van der Waals surface area contributed by atoms with E-state index >= 15 is 0 Å². The lowest BCUT2D eigenvalue weighted by Crippen LogP contribution is -2.48. The Morgan fingerprint density at radius 1 is 0.318 bits per heavy atom. The maximum Gasteiger partial charge on any atom is 0.180 e. The SMILES string of the molecule is CN1c2ccccc2N(N2c3cccnc3N(N3c4cccnc4N(C)c4cccnc43)c3ncccc32)c2ccccc21. The first kappa shape index (κ1) is 24.4. The van der Waals surface area contributed by atoms with Crippen molar-refractivity contribution in [3.05, 3.63) is 122 Å². The molecule has 6 aromatic rings. The van der Waals surface area contributed by atoms with E-state index in [2.05, 4.69) is 110 Å². The number of rotatable bonds is 2. The van der Waals surface area contributed by atoms with Crippen LogP contribution in [-0.4, -0.2) is 34.0 Å². The highest BCUT2D eigenvalue weighted by atomic mass is 15.7. The monoisotopic (exact) mass is 574 g/mol. The van der Waals surface area contributed by atoms with Gasteiger partial charge in [0.1, 0.15) is 17.1 Å². The van der Waals surface area contributed by atoms with Gasteiger partial charge in [-0.05, 0) is 72.8 Å². The molecule has 0 aliphatic carbocycles. The van der Waals surface area contributed by atoms with Crippen LogP contribution < -0.4 is 29.8 Å². The number of para-hydroxylation sites is 4. The Morgan fingerprint density at radius 3 is 1.20 bits per heavy atom. The fourth-order valence-corrected chi connectivity index (χ4v) is 6.45. The molecule has 3 aliphatic heterocycles. The molecule has 212 valence electrons. The molecule has 7 heterocycles. The number of benzene rings is 2. The van der Waals surface area contributed by atoms with Gasteiger partial charge in [0.2, 0.25) is 0 Å². The average Bonchev–Trinajstić information content (AvgIpc) is 3.09. The summed E-state index contributed by atoms with van der Waals surface area (Å²) in [5.74, 6) is 2.99. The van der Waals surface area contributed by atoms with Gasteiger partial charge in [-0.15, -0.1) is 0 Å². The lowest BCUT2D eigenvalue weighted by atomic mass is 10.1. The molecule has 0 N–H and O–H groups in total. The predicted octanol–water partition coefficient (Wildman–Crippen LogP) is 7.53. The third-order valence-electron chi connectivity index (χ3n) is 8.37. The fourth-order valence-electron chi connectivity index (χ4n) is 6.45. The Morgan fingerprint density at radius 2 is 0.682 bits per heavy atom. The molecular weight excluding hydrogens is 548 g/mol. The normalized spacial score (nSPS) is 14.3. The van der Waals surface area contributed by atoms with Crippen LogP contribution in [0.15, 0.2) is 122 Å². The maximum atomic E-state index is 5.02. The first-order valence-electron chi connectivity index (χ1n) is 14.4. The smallest absolute Gasteiger partial charge is 0.180 e. The van der Waals surface area contributed by atoms with E-state index in [1.165, 1.54) is 0 Å². The van der Waals surface area contributed by atoms with E-state index in [1.54, 1.807) is 0 Å². The number of hydrogen-bond donors (Lipinski definition) is 0.